The minimum Gasteiger partial charge on any atom is -0.357 e. The maximum atomic E-state index is 4.35. The van der Waals surface area contributed by atoms with Gasteiger partial charge in [-0.3, -0.25) is 0 Å². The van der Waals surface area contributed by atoms with Crippen LogP contribution in [0.3, 0.4) is 0 Å². The van der Waals surface area contributed by atoms with Crippen LogP contribution in [0.15, 0.2) is 0 Å². The largest absolute Gasteiger partial charge is 0.357 e. The Morgan fingerprint density at radius 1 is 0.944 bits per heavy atom. The van der Waals surface area contributed by atoms with Crippen molar-refractivity contribution in [3.63, 3.8) is 0 Å². The van der Waals surface area contributed by atoms with Crippen molar-refractivity contribution in [3.8, 4) is 0 Å². The highest BCUT2D eigenvalue weighted by atomic mass is 35.5. The number of anilines is 3. The molecule has 7 nitrogen and oxygen atoms in total. The van der Waals surface area contributed by atoms with E-state index >= 15 is 0 Å². The fraction of sp³-hybridized carbons (Fsp3) is 0.667. The average Bonchev–Trinajstić information content (AvgIpc) is 2.39. The SMILES string of the molecule is CNc1nc(NC)nc(N2CCNCC2)n1.Cl.Cl. The lowest BCUT2D eigenvalue weighted by Crippen LogP contribution is -2.44. The number of hydrogen-bond acceptors (Lipinski definition) is 7. The molecular weight excluding hydrogens is 277 g/mol. The van der Waals surface area contributed by atoms with E-state index in [9.17, 15) is 0 Å². The number of rotatable bonds is 3. The molecule has 0 aromatic carbocycles. The monoisotopic (exact) mass is 295 g/mol. The maximum Gasteiger partial charge on any atom is 0.232 e. The van der Waals surface area contributed by atoms with Crippen LogP contribution in [0.4, 0.5) is 17.8 Å². The van der Waals surface area contributed by atoms with Crippen molar-refractivity contribution < 1.29 is 0 Å². The molecule has 2 rings (SSSR count). The average molecular weight is 296 g/mol. The smallest absolute Gasteiger partial charge is 0.232 e. The van der Waals surface area contributed by atoms with Crippen molar-refractivity contribution >= 4 is 42.7 Å². The van der Waals surface area contributed by atoms with Crippen molar-refractivity contribution in [1.82, 2.24) is 20.3 Å². The fourth-order valence-corrected chi connectivity index (χ4v) is 1.59. The number of aromatic nitrogens is 3. The first-order valence-electron chi connectivity index (χ1n) is 5.40. The van der Waals surface area contributed by atoms with Gasteiger partial charge < -0.3 is 20.9 Å². The van der Waals surface area contributed by atoms with Crippen molar-refractivity contribution in [2.45, 2.75) is 0 Å². The van der Waals surface area contributed by atoms with Gasteiger partial charge in [-0.1, -0.05) is 0 Å². The molecular formula is C9H19Cl2N7. The highest BCUT2D eigenvalue weighted by Gasteiger charge is 2.15. The molecule has 1 saturated heterocycles. The summed E-state index contributed by atoms with van der Waals surface area (Å²) >= 11 is 0. The Hall–Kier alpha value is -1.05. The van der Waals surface area contributed by atoms with E-state index in [-0.39, 0.29) is 24.8 Å². The summed E-state index contributed by atoms with van der Waals surface area (Å²) in [7, 11) is 3.60. The topological polar surface area (TPSA) is 78.0 Å². The number of hydrogen-bond donors (Lipinski definition) is 3. The van der Waals surface area contributed by atoms with Crippen LogP contribution in [0.1, 0.15) is 0 Å². The zero-order chi connectivity index (χ0) is 11.4. The van der Waals surface area contributed by atoms with Crippen LogP contribution < -0.4 is 20.9 Å². The molecule has 0 unspecified atom stereocenters. The summed E-state index contributed by atoms with van der Waals surface area (Å²) in [6.45, 7) is 3.79. The van der Waals surface area contributed by atoms with E-state index in [2.05, 4.69) is 35.8 Å². The predicted molar refractivity (Wildman–Crippen MR) is 78.5 cm³/mol. The third-order valence-corrected chi connectivity index (χ3v) is 2.47. The molecule has 3 N–H and O–H groups in total. The van der Waals surface area contributed by atoms with Crippen LogP contribution >= 0.6 is 24.8 Å². The van der Waals surface area contributed by atoms with E-state index in [4.69, 9.17) is 0 Å². The lowest BCUT2D eigenvalue weighted by atomic mass is 10.4. The van der Waals surface area contributed by atoms with Crippen molar-refractivity contribution in [2.24, 2.45) is 0 Å². The summed E-state index contributed by atoms with van der Waals surface area (Å²) in [5.74, 6) is 1.91. The van der Waals surface area contributed by atoms with Gasteiger partial charge in [0.15, 0.2) is 0 Å². The van der Waals surface area contributed by atoms with Gasteiger partial charge in [0.25, 0.3) is 0 Å². The Bertz CT molecular complexity index is 335. The predicted octanol–water partition coefficient (Wildman–Crippen LogP) is 0.208. The minimum atomic E-state index is 0. The lowest BCUT2D eigenvalue weighted by molar-refractivity contribution is 0.579. The molecule has 0 aliphatic carbocycles. The van der Waals surface area contributed by atoms with Crippen LogP contribution in [-0.2, 0) is 0 Å². The summed E-state index contributed by atoms with van der Waals surface area (Å²) in [4.78, 5) is 15.0. The van der Waals surface area contributed by atoms with Crippen molar-refractivity contribution in [2.75, 3.05) is 55.8 Å². The summed E-state index contributed by atoms with van der Waals surface area (Å²) in [6, 6.07) is 0. The van der Waals surface area contributed by atoms with E-state index in [1.807, 2.05) is 0 Å². The molecule has 0 radical (unpaired) electrons. The minimum absolute atomic E-state index is 0. The van der Waals surface area contributed by atoms with Gasteiger partial charge in [-0.15, -0.1) is 24.8 Å². The van der Waals surface area contributed by atoms with Gasteiger partial charge in [0, 0.05) is 40.3 Å². The van der Waals surface area contributed by atoms with Gasteiger partial charge in [-0.25, -0.2) is 0 Å². The normalized spacial score (nSPS) is 14.2. The Balaban J connectivity index is 0.00000144. The Labute approximate surface area is 119 Å². The summed E-state index contributed by atoms with van der Waals surface area (Å²) in [5.41, 5.74) is 0. The number of halogens is 2. The van der Waals surface area contributed by atoms with E-state index < -0.39 is 0 Å². The quantitative estimate of drug-likeness (QED) is 0.736. The van der Waals surface area contributed by atoms with Gasteiger partial charge >= 0.3 is 0 Å². The third kappa shape index (κ3) is 4.01. The molecule has 1 aliphatic rings. The van der Waals surface area contributed by atoms with Crippen LogP contribution in [0.25, 0.3) is 0 Å². The highest BCUT2D eigenvalue weighted by molar-refractivity contribution is 5.85. The molecule has 0 bridgehead atoms. The molecule has 1 aromatic rings. The molecule has 2 heterocycles. The molecule has 0 amide bonds. The first-order chi connectivity index (χ1) is 7.83. The molecule has 18 heavy (non-hydrogen) atoms. The first-order valence-corrected chi connectivity index (χ1v) is 5.40. The summed E-state index contributed by atoms with van der Waals surface area (Å²) in [6.07, 6.45) is 0. The van der Waals surface area contributed by atoms with Gasteiger partial charge in [0.1, 0.15) is 0 Å². The van der Waals surface area contributed by atoms with Crippen LogP contribution in [0.5, 0.6) is 0 Å². The summed E-state index contributed by atoms with van der Waals surface area (Å²) < 4.78 is 0. The van der Waals surface area contributed by atoms with E-state index in [0.717, 1.165) is 32.1 Å². The lowest BCUT2D eigenvalue weighted by Gasteiger charge is -2.27. The molecule has 0 atom stereocenters. The van der Waals surface area contributed by atoms with Crippen molar-refractivity contribution in [3.05, 3.63) is 0 Å². The Kier molecular flexibility index (Phi) is 7.65. The maximum absolute atomic E-state index is 4.35. The number of nitrogens with zero attached hydrogens (tertiary/aromatic N) is 4. The molecule has 1 aliphatic heterocycles. The number of piperazine rings is 1. The molecule has 9 heteroatoms. The molecule has 1 aromatic heterocycles. The van der Waals surface area contributed by atoms with Crippen LogP contribution in [-0.4, -0.2) is 55.2 Å². The van der Waals surface area contributed by atoms with Gasteiger partial charge in [0.2, 0.25) is 17.8 Å². The molecule has 0 spiro atoms. The van der Waals surface area contributed by atoms with Crippen molar-refractivity contribution in [1.29, 1.82) is 0 Å². The van der Waals surface area contributed by atoms with E-state index in [1.165, 1.54) is 0 Å². The molecule has 104 valence electrons. The second-order valence-corrected chi connectivity index (χ2v) is 3.52. The second-order valence-electron chi connectivity index (χ2n) is 3.52. The molecule has 1 fully saturated rings. The highest BCUT2D eigenvalue weighted by Crippen LogP contribution is 2.13. The zero-order valence-electron chi connectivity index (χ0n) is 10.4. The Morgan fingerprint density at radius 2 is 1.44 bits per heavy atom. The first kappa shape index (κ1) is 16.9. The van der Waals surface area contributed by atoms with Crippen LogP contribution in [0.2, 0.25) is 0 Å². The van der Waals surface area contributed by atoms with Crippen LogP contribution in [0, 0.1) is 0 Å². The zero-order valence-corrected chi connectivity index (χ0v) is 12.1. The third-order valence-electron chi connectivity index (χ3n) is 2.47. The van der Waals surface area contributed by atoms with Gasteiger partial charge in [-0.05, 0) is 0 Å². The fourth-order valence-electron chi connectivity index (χ4n) is 1.59. The number of nitrogens with one attached hydrogen (secondary N) is 3. The second kappa shape index (κ2) is 8.12. The van der Waals surface area contributed by atoms with E-state index in [0.29, 0.717) is 11.9 Å². The van der Waals surface area contributed by atoms with Gasteiger partial charge in [-0.2, -0.15) is 15.0 Å². The summed E-state index contributed by atoms with van der Waals surface area (Å²) in [5, 5.41) is 9.17. The van der Waals surface area contributed by atoms with E-state index in [1.54, 1.807) is 14.1 Å². The Morgan fingerprint density at radius 3 is 1.89 bits per heavy atom. The molecule has 0 saturated carbocycles. The van der Waals surface area contributed by atoms with Gasteiger partial charge in [0.05, 0.1) is 0 Å². The standard InChI is InChI=1S/C9H17N7.2ClH/c1-10-7-13-8(11-2)15-9(14-7)16-5-3-12-4-6-16;;/h12H,3-6H2,1-2H3,(H2,10,11,13,14,15);2*1H.